The van der Waals surface area contributed by atoms with E-state index in [1.807, 2.05) is 0 Å². The number of thiophene rings is 1. The lowest BCUT2D eigenvalue weighted by atomic mass is 10.1. The van der Waals surface area contributed by atoms with Gasteiger partial charge in [0, 0.05) is 12.8 Å². The molecule has 1 amide bonds. The van der Waals surface area contributed by atoms with Gasteiger partial charge in [0.15, 0.2) is 0 Å². The summed E-state index contributed by atoms with van der Waals surface area (Å²) in [5.74, 6) is -0.0939. The van der Waals surface area contributed by atoms with E-state index in [9.17, 15) is 4.79 Å². The molecule has 15 heavy (non-hydrogen) atoms. The van der Waals surface area contributed by atoms with Crippen LogP contribution in [-0.4, -0.2) is 11.6 Å². The molecule has 0 saturated heterocycles. The number of rotatable bonds is 1. The van der Waals surface area contributed by atoms with Gasteiger partial charge < -0.3 is 0 Å². The zero-order valence-electron chi connectivity index (χ0n) is 7.31. The van der Waals surface area contributed by atoms with Crippen molar-refractivity contribution < 1.29 is 4.79 Å². The summed E-state index contributed by atoms with van der Waals surface area (Å²) < 4.78 is 0.441. The lowest BCUT2D eigenvalue weighted by Crippen LogP contribution is -2.25. The van der Waals surface area contributed by atoms with E-state index in [0.717, 1.165) is 10.6 Å². The minimum absolute atomic E-state index is 0.0939. The molecule has 0 unspecified atom stereocenters. The SMILES string of the molecule is O=C1CCC(c2sc(Cl)c(Cl)c2Cl)=NN1. The van der Waals surface area contributed by atoms with Crippen LogP contribution in [0.2, 0.25) is 14.4 Å². The van der Waals surface area contributed by atoms with Crippen LogP contribution in [0.25, 0.3) is 0 Å². The molecule has 1 aliphatic heterocycles. The molecule has 0 fully saturated rings. The molecule has 0 aliphatic carbocycles. The quantitative estimate of drug-likeness (QED) is 0.844. The number of nitrogens with zero attached hydrogens (tertiary/aromatic N) is 1. The number of nitrogens with one attached hydrogen (secondary N) is 1. The second-order valence-electron chi connectivity index (χ2n) is 2.93. The first-order valence-corrected chi connectivity index (χ1v) is 6.03. The van der Waals surface area contributed by atoms with E-state index in [2.05, 4.69) is 10.5 Å². The predicted octanol–water partition coefficient (Wildman–Crippen LogP) is 3.32. The first kappa shape index (κ1) is 11.2. The summed E-state index contributed by atoms with van der Waals surface area (Å²) in [7, 11) is 0. The Kier molecular flexibility index (Phi) is 3.21. The molecule has 1 aromatic rings. The van der Waals surface area contributed by atoms with Crippen LogP contribution in [0.4, 0.5) is 0 Å². The number of carbonyl (C=O) groups excluding carboxylic acids is 1. The maximum atomic E-state index is 10.9. The van der Waals surface area contributed by atoms with Crippen molar-refractivity contribution in [3.05, 3.63) is 19.3 Å². The standard InChI is InChI=1S/C8H5Cl3N2OS/c9-5-6(10)8(11)15-7(5)3-1-2-4(14)13-12-3/h1-2H2,(H,13,14). The van der Waals surface area contributed by atoms with Crippen molar-refractivity contribution in [2.24, 2.45) is 5.10 Å². The van der Waals surface area contributed by atoms with Crippen LogP contribution in [0.5, 0.6) is 0 Å². The van der Waals surface area contributed by atoms with Crippen LogP contribution in [0, 0.1) is 0 Å². The molecule has 0 radical (unpaired) electrons. The molecule has 1 N–H and O–H groups in total. The van der Waals surface area contributed by atoms with Crippen molar-refractivity contribution in [3.63, 3.8) is 0 Å². The largest absolute Gasteiger partial charge is 0.273 e. The van der Waals surface area contributed by atoms with Crippen LogP contribution >= 0.6 is 46.1 Å². The third-order valence-corrected chi connectivity index (χ3v) is 4.54. The predicted molar refractivity (Wildman–Crippen MR) is 63.3 cm³/mol. The third kappa shape index (κ3) is 2.13. The monoisotopic (exact) mass is 282 g/mol. The van der Waals surface area contributed by atoms with Gasteiger partial charge in [0.05, 0.1) is 20.6 Å². The minimum atomic E-state index is -0.0939. The first-order valence-electron chi connectivity index (χ1n) is 4.08. The molecule has 3 nitrogen and oxygen atoms in total. The molecule has 0 spiro atoms. The normalized spacial score (nSPS) is 16.2. The summed E-state index contributed by atoms with van der Waals surface area (Å²) >= 11 is 18.9. The highest BCUT2D eigenvalue weighted by Crippen LogP contribution is 2.41. The Balaban J connectivity index is 2.38. The average Bonchev–Trinajstić information content (AvgIpc) is 2.47. The van der Waals surface area contributed by atoms with Crippen molar-refractivity contribution >= 4 is 57.8 Å². The molecule has 7 heteroatoms. The lowest BCUT2D eigenvalue weighted by molar-refractivity contribution is -0.121. The van der Waals surface area contributed by atoms with Gasteiger partial charge in [-0.05, 0) is 0 Å². The van der Waals surface area contributed by atoms with Gasteiger partial charge >= 0.3 is 0 Å². The maximum Gasteiger partial charge on any atom is 0.240 e. The van der Waals surface area contributed by atoms with Crippen molar-refractivity contribution in [3.8, 4) is 0 Å². The highest BCUT2D eigenvalue weighted by Gasteiger charge is 2.21. The van der Waals surface area contributed by atoms with E-state index in [1.165, 1.54) is 11.3 Å². The van der Waals surface area contributed by atoms with Gasteiger partial charge in [-0.1, -0.05) is 34.8 Å². The van der Waals surface area contributed by atoms with Crippen LogP contribution in [0.15, 0.2) is 5.10 Å². The van der Waals surface area contributed by atoms with E-state index in [-0.39, 0.29) is 5.91 Å². The molecule has 80 valence electrons. The highest BCUT2D eigenvalue weighted by molar-refractivity contribution is 7.19. The molecular weight excluding hydrogens is 279 g/mol. The van der Waals surface area contributed by atoms with Crippen molar-refractivity contribution in [2.75, 3.05) is 0 Å². The van der Waals surface area contributed by atoms with Crippen LogP contribution < -0.4 is 5.43 Å². The summed E-state index contributed by atoms with van der Waals surface area (Å²) in [6.07, 6.45) is 0.959. The van der Waals surface area contributed by atoms with Crippen molar-refractivity contribution in [1.29, 1.82) is 0 Å². The summed E-state index contributed by atoms with van der Waals surface area (Å²) in [5, 5.41) is 4.67. The van der Waals surface area contributed by atoms with Gasteiger partial charge in [0.1, 0.15) is 4.34 Å². The molecule has 2 heterocycles. The molecule has 0 atom stereocenters. The number of hydrogen-bond donors (Lipinski definition) is 1. The second kappa shape index (κ2) is 4.29. The van der Waals surface area contributed by atoms with E-state index in [0.29, 0.717) is 27.2 Å². The summed E-state index contributed by atoms with van der Waals surface area (Å²) in [6.45, 7) is 0. The van der Waals surface area contributed by atoms with Gasteiger partial charge in [-0.2, -0.15) is 5.10 Å². The molecule has 1 aliphatic rings. The van der Waals surface area contributed by atoms with E-state index in [4.69, 9.17) is 34.8 Å². The third-order valence-electron chi connectivity index (χ3n) is 1.92. The molecule has 0 bridgehead atoms. The number of hydrogen-bond acceptors (Lipinski definition) is 3. The smallest absolute Gasteiger partial charge is 0.240 e. The zero-order chi connectivity index (χ0) is 11.0. The zero-order valence-corrected chi connectivity index (χ0v) is 10.4. The van der Waals surface area contributed by atoms with E-state index >= 15 is 0 Å². The fourth-order valence-corrected chi connectivity index (χ4v) is 3.03. The highest BCUT2D eigenvalue weighted by atomic mass is 35.5. The van der Waals surface area contributed by atoms with E-state index in [1.54, 1.807) is 0 Å². The summed E-state index contributed by atoms with van der Waals surface area (Å²) in [6, 6.07) is 0. The Labute approximate surface area is 105 Å². The lowest BCUT2D eigenvalue weighted by Gasteiger charge is -2.10. The van der Waals surface area contributed by atoms with Gasteiger partial charge in [0.25, 0.3) is 0 Å². The van der Waals surface area contributed by atoms with Crippen LogP contribution in [0.3, 0.4) is 0 Å². The summed E-state index contributed by atoms with van der Waals surface area (Å²) in [5.41, 5.74) is 3.12. The average molecular weight is 284 g/mol. The Morgan fingerprint density at radius 2 is 1.93 bits per heavy atom. The van der Waals surface area contributed by atoms with Gasteiger partial charge in [-0.3, -0.25) is 4.79 Å². The van der Waals surface area contributed by atoms with Crippen LogP contribution in [0.1, 0.15) is 17.7 Å². The molecule has 0 saturated carbocycles. The number of amides is 1. The minimum Gasteiger partial charge on any atom is -0.273 e. The van der Waals surface area contributed by atoms with Crippen molar-refractivity contribution in [2.45, 2.75) is 12.8 Å². The fourth-order valence-electron chi connectivity index (χ4n) is 1.19. The van der Waals surface area contributed by atoms with Crippen LogP contribution in [-0.2, 0) is 4.79 Å². The second-order valence-corrected chi connectivity index (χ2v) is 5.30. The van der Waals surface area contributed by atoms with Gasteiger partial charge in [-0.15, -0.1) is 11.3 Å². The molecule has 0 aromatic carbocycles. The Morgan fingerprint density at radius 1 is 1.20 bits per heavy atom. The first-order chi connectivity index (χ1) is 7.09. The topological polar surface area (TPSA) is 41.5 Å². The number of halogens is 3. The van der Waals surface area contributed by atoms with Crippen molar-refractivity contribution in [1.82, 2.24) is 5.43 Å². The van der Waals surface area contributed by atoms with Gasteiger partial charge in [0.2, 0.25) is 5.91 Å². The Morgan fingerprint density at radius 3 is 2.40 bits per heavy atom. The molecule has 1 aromatic heterocycles. The molecular formula is C8H5Cl3N2OS. The summed E-state index contributed by atoms with van der Waals surface area (Å²) in [4.78, 5) is 11.6. The fraction of sp³-hybridized carbons (Fsp3) is 0.250. The number of carbonyl (C=O) groups is 1. The Hall–Kier alpha value is -0.290. The molecule has 2 rings (SSSR count). The van der Waals surface area contributed by atoms with E-state index < -0.39 is 0 Å². The number of hydrazone groups is 1. The van der Waals surface area contributed by atoms with Gasteiger partial charge in [-0.25, -0.2) is 5.43 Å². The Bertz CT molecular complexity index is 455. The maximum absolute atomic E-state index is 10.9.